The lowest BCUT2D eigenvalue weighted by atomic mass is 10.1. The summed E-state index contributed by atoms with van der Waals surface area (Å²) < 4.78 is 17.0. The molecule has 2 aromatic carbocycles. The number of methoxy groups -OCH3 is 1. The zero-order valence-electron chi connectivity index (χ0n) is 17.2. The summed E-state index contributed by atoms with van der Waals surface area (Å²) in [5.41, 5.74) is 1.82. The maximum Gasteiger partial charge on any atom is 0.260 e. The quantitative estimate of drug-likeness (QED) is 0.604. The average molecular weight is 395 g/mol. The molecule has 0 unspecified atom stereocenters. The topological polar surface area (TPSA) is 69.0 Å². The van der Waals surface area contributed by atoms with Gasteiger partial charge in [-0.2, -0.15) is 0 Å². The number of rotatable bonds is 7. The van der Waals surface area contributed by atoms with Crippen LogP contribution in [0.4, 0.5) is 0 Å². The van der Waals surface area contributed by atoms with E-state index in [1.807, 2.05) is 32.9 Å². The van der Waals surface area contributed by atoms with Crippen molar-refractivity contribution in [2.75, 3.05) is 26.8 Å². The van der Waals surface area contributed by atoms with Crippen LogP contribution in [0.3, 0.4) is 0 Å². The number of fused-ring (bicyclic) bond motifs is 1. The standard InChI is InChI=1S/C23H25NO5/c1-5-24(6-2)20(25)14-28-23-21(26)18-12-7-15(3)13-19(18)29-22(23)16-8-10-17(27-4)11-9-16/h7-13H,5-6,14H2,1-4H3. The number of likely N-dealkylation sites (N-methyl/N-ethyl adjacent to an activating group) is 1. The number of ether oxygens (including phenoxy) is 2. The first-order valence-electron chi connectivity index (χ1n) is 9.60. The molecule has 0 atom stereocenters. The summed E-state index contributed by atoms with van der Waals surface area (Å²) in [6, 6.07) is 12.5. The van der Waals surface area contributed by atoms with E-state index in [-0.39, 0.29) is 23.7 Å². The maximum atomic E-state index is 13.1. The lowest BCUT2D eigenvalue weighted by molar-refractivity contribution is -0.132. The molecule has 0 aliphatic carbocycles. The second-order valence-electron chi connectivity index (χ2n) is 6.67. The van der Waals surface area contributed by atoms with Gasteiger partial charge in [-0.3, -0.25) is 9.59 Å². The van der Waals surface area contributed by atoms with Gasteiger partial charge in [-0.15, -0.1) is 0 Å². The van der Waals surface area contributed by atoms with Gasteiger partial charge in [0.2, 0.25) is 11.2 Å². The van der Waals surface area contributed by atoms with Crippen LogP contribution in [-0.4, -0.2) is 37.6 Å². The van der Waals surface area contributed by atoms with Crippen molar-refractivity contribution in [3.05, 3.63) is 58.3 Å². The van der Waals surface area contributed by atoms with Crippen molar-refractivity contribution < 1.29 is 18.7 Å². The molecule has 0 N–H and O–H groups in total. The van der Waals surface area contributed by atoms with Gasteiger partial charge in [-0.1, -0.05) is 6.07 Å². The van der Waals surface area contributed by atoms with Crippen molar-refractivity contribution in [1.29, 1.82) is 0 Å². The van der Waals surface area contributed by atoms with Crippen LogP contribution >= 0.6 is 0 Å². The monoisotopic (exact) mass is 395 g/mol. The lowest BCUT2D eigenvalue weighted by Crippen LogP contribution is -2.35. The Hall–Kier alpha value is -3.28. The smallest absolute Gasteiger partial charge is 0.260 e. The predicted octanol–water partition coefficient (Wildman–Crippen LogP) is 4.02. The van der Waals surface area contributed by atoms with Crippen LogP contribution in [-0.2, 0) is 4.79 Å². The molecule has 0 radical (unpaired) electrons. The van der Waals surface area contributed by atoms with Crippen molar-refractivity contribution in [2.24, 2.45) is 0 Å². The predicted molar refractivity (Wildman–Crippen MR) is 113 cm³/mol. The Morgan fingerprint density at radius 3 is 2.38 bits per heavy atom. The molecule has 1 amide bonds. The van der Waals surface area contributed by atoms with E-state index in [2.05, 4.69) is 0 Å². The molecule has 3 rings (SSSR count). The van der Waals surface area contributed by atoms with Gasteiger partial charge in [0.15, 0.2) is 12.4 Å². The Bertz CT molecular complexity index is 1070. The zero-order valence-corrected chi connectivity index (χ0v) is 17.2. The first kappa shape index (κ1) is 20.5. The summed E-state index contributed by atoms with van der Waals surface area (Å²) >= 11 is 0. The maximum absolute atomic E-state index is 13.1. The van der Waals surface area contributed by atoms with E-state index in [1.54, 1.807) is 42.3 Å². The van der Waals surface area contributed by atoms with Crippen LogP contribution < -0.4 is 14.9 Å². The van der Waals surface area contributed by atoms with Gasteiger partial charge in [0.1, 0.15) is 11.3 Å². The summed E-state index contributed by atoms with van der Waals surface area (Å²) in [5.74, 6) is 0.834. The van der Waals surface area contributed by atoms with Crippen molar-refractivity contribution in [2.45, 2.75) is 20.8 Å². The van der Waals surface area contributed by atoms with E-state index >= 15 is 0 Å². The van der Waals surface area contributed by atoms with Crippen molar-refractivity contribution in [1.82, 2.24) is 4.90 Å². The number of nitrogens with zero attached hydrogens (tertiary/aromatic N) is 1. The molecule has 3 aromatic rings. The van der Waals surface area contributed by atoms with E-state index < -0.39 is 0 Å². The fraction of sp³-hybridized carbons (Fsp3) is 0.304. The van der Waals surface area contributed by atoms with Gasteiger partial charge >= 0.3 is 0 Å². The van der Waals surface area contributed by atoms with E-state index in [9.17, 15) is 9.59 Å². The summed E-state index contributed by atoms with van der Waals surface area (Å²) in [7, 11) is 1.58. The van der Waals surface area contributed by atoms with Crippen molar-refractivity contribution in [3.63, 3.8) is 0 Å². The largest absolute Gasteiger partial charge is 0.497 e. The molecule has 0 aliphatic heterocycles. The van der Waals surface area contributed by atoms with Crippen LogP contribution in [0, 0.1) is 6.92 Å². The van der Waals surface area contributed by atoms with Gasteiger partial charge in [0.25, 0.3) is 5.91 Å². The van der Waals surface area contributed by atoms with Gasteiger partial charge in [-0.05, 0) is 62.7 Å². The molecule has 0 fully saturated rings. The minimum absolute atomic E-state index is 0.0343. The Kier molecular flexibility index (Phi) is 6.22. The number of carbonyl (C=O) groups excluding carboxylic acids is 1. The average Bonchev–Trinajstić information content (AvgIpc) is 2.73. The Morgan fingerprint density at radius 2 is 1.76 bits per heavy atom. The Morgan fingerprint density at radius 1 is 1.07 bits per heavy atom. The fourth-order valence-electron chi connectivity index (χ4n) is 3.15. The van der Waals surface area contributed by atoms with Crippen LogP contribution in [0.5, 0.6) is 11.5 Å². The molecule has 0 spiro atoms. The second kappa shape index (κ2) is 8.82. The first-order valence-corrected chi connectivity index (χ1v) is 9.60. The van der Waals surface area contributed by atoms with E-state index in [0.29, 0.717) is 41.1 Å². The highest BCUT2D eigenvalue weighted by atomic mass is 16.5. The number of amides is 1. The van der Waals surface area contributed by atoms with Crippen molar-refractivity contribution in [3.8, 4) is 22.8 Å². The van der Waals surface area contributed by atoms with E-state index in [4.69, 9.17) is 13.9 Å². The molecule has 152 valence electrons. The van der Waals surface area contributed by atoms with Crippen LogP contribution in [0.2, 0.25) is 0 Å². The molecule has 1 heterocycles. The third-order valence-electron chi connectivity index (χ3n) is 4.81. The third-order valence-corrected chi connectivity index (χ3v) is 4.81. The number of benzene rings is 2. The Labute approximate surface area is 169 Å². The number of aryl methyl sites for hydroxylation is 1. The molecule has 0 saturated heterocycles. The summed E-state index contributed by atoms with van der Waals surface area (Å²) in [4.78, 5) is 27.2. The molecule has 1 aromatic heterocycles. The summed E-state index contributed by atoms with van der Waals surface area (Å²) in [6.07, 6.45) is 0. The Balaban J connectivity index is 2.09. The molecule has 0 aliphatic rings. The zero-order chi connectivity index (χ0) is 21.0. The molecule has 6 nitrogen and oxygen atoms in total. The first-order chi connectivity index (χ1) is 14.0. The molecular formula is C23H25NO5. The molecule has 0 saturated carbocycles. The normalized spacial score (nSPS) is 10.8. The highest BCUT2D eigenvalue weighted by Crippen LogP contribution is 2.32. The number of hydrogen-bond acceptors (Lipinski definition) is 5. The SMILES string of the molecule is CCN(CC)C(=O)COc1c(-c2ccc(OC)cc2)oc2cc(C)ccc2c1=O. The van der Waals surface area contributed by atoms with Gasteiger partial charge in [0, 0.05) is 18.7 Å². The second-order valence-corrected chi connectivity index (χ2v) is 6.67. The highest BCUT2D eigenvalue weighted by molar-refractivity contribution is 5.83. The molecule has 6 heteroatoms. The minimum atomic E-state index is -0.301. The molecule has 29 heavy (non-hydrogen) atoms. The number of carbonyl (C=O) groups is 1. The van der Waals surface area contributed by atoms with Crippen LogP contribution in [0.1, 0.15) is 19.4 Å². The molecule has 0 bridgehead atoms. The lowest BCUT2D eigenvalue weighted by Gasteiger charge is -2.19. The van der Waals surface area contributed by atoms with Crippen LogP contribution in [0.15, 0.2) is 51.7 Å². The van der Waals surface area contributed by atoms with Gasteiger partial charge < -0.3 is 18.8 Å². The summed E-state index contributed by atoms with van der Waals surface area (Å²) in [6.45, 7) is 6.66. The third kappa shape index (κ3) is 4.26. The summed E-state index contributed by atoms with van der Waals surface area (Å²) in [5, 5.41) is 0.415. The van der Waals surface area contributed by atoms with Crippen LogP contribution in [0.25, 0.3) is 22.3 Å². The van der Waals surface area contributed by atoms with Gasteiger partial charge in [0.05, 0.1) is 12.5 Å². The van der Waals surface area contributed by atoms with Crippen molar-refractivity contribution >= 4 is 16.9 Å². The fourth-order valence-corrected chi connectivity index (χ4v) is 3.15. The van der Waals surface area contributed by atoms with E-state index in [0.717, 1.165) is 5.56 Å². The number of hydrogen-bond donors (Lipinski definition) is 0. The minimum Gasteiger partial charge on any atom is -0.497 e. The van der Waals surface area contributed by atoms with E-state index in [1.165, 1.54) is 0 Å². The van der Waals surface area contributed by atoms with Gasteiger partial charge in [-0.25, -0.2) is 0 Å². The highest BCUT2D eigenvalue weighted by Gasteiger charge is 2.20. The molecular weight excluding hydrogens is 370 g/mol.